The fourth-order valence-electron chi connectivity index (χ4n) is 2.13. The second-order valence-corrected chi connectivity index (χ2v) is 6.70. The third kappa shape index (κ3) is 12.4. The number of rotatable bonds is 13. The van der Waals surface area contributed by atoms with Crippen LogP contribution in [0.25, 0.3) is 0 Å². The van der Waals surface area contributed by atoms with Crippen LogP contribution in [0.1, 0.15) is 79.6 Å². The molecule has 0 amide bonds. The van der Waals surface area contributed by atoms with Gasteiger partial charge in [0, 0.05) is 0 Å². The second kappa shape index (κ2) is 14.7. The van der Waals surface area contributed by atoms with Crippen LogP contribution in [-0.2, 0) is 19.1 Å². The Morgan fingerprint density at radius 1 is 0.880 bits per heavy atom. The van der Waals surface area contributed by atoms with E-state index in [0.717, 1.165) is 38.5 Å². The molecule has 0 unspecified atom stereocenters. The normalized spacial score (nSPS) is 11.4. The quantitative estimate of drug-likeness (QED) is 0.193. The van der Waals surface area contributed by atoms with Crippen molar-refractivity contribution >= 4 is 11.9 Å². The monoisotopic (exact) mass is 352 g/mol. The van der Waals surface area contributed by atoms with E-state index in [1.54, 1.807) is 0 Å². The van der Waals surface area contributed by atoms with Gasteiger partial charge in [0.05, 0.1) is 13.2 Å². The van der Waals surface area contributed by atoms with Crippen molar-refractivity contribution in [2.24, 2.45) is 5.92 Å². The van der Waals surface area contributed by atoms with Crippen molar-refractivity contribution in [3.63, 3.8) is 0 Å². The number of hydrogen-bond acceptors (Lipinski definition) is 4. The van der Waals surface area contributed by atoms with Crippen LogP contribution in [0, 0.1) is 5.92 Å². The predicted molar refractivity (Wildman–Crippen MR) is 102 cm³/mol. The zero-order valence-corrected chi connectivity index (χ0v) is 16.7. The summed E-state index contributed by atoms with van der Waals surface area (Å²) in [5.41, 5.74) is 2.47. The molecular weight excluding hydrogens is 316 g/mol. The number of esters is 2. The summed E-state index contributed by atoms with van der Waals surface area (Å²) in [4.78, 5) is 24.5. The summed E-state index contributed by atoms with van der Waals surface area (Å²) in [7, 11) is 0. The molecule has 0 saturated carbocycles. The summed E-state index contributed by atoms with van der Waals surface area (Å²) in [5, 5.41) is 0. The van der Waals surface area contributed by atoms with E-state index in [4.69, 9.17) is 9.47 Å². The van der Waals surface area contributed by atoms with Crippen molar-refractivity contribution in [2.75, 3.05) is 13.2 Å². The summed E-state index contributed by atoms with van der Waals surface area (Å²) in [6, 6.07) is 0. The molecule has 4 heteroatoms. The molecular formula is C21H36O4. The first-order chi connectivity index (χ1) is 11.9. The largest absolute Gasteiger partial charge is 0.465 e. The Hall–Kier alpha value is -1.58. The predicted octanol–water partition coefficient (Wildman–Crippen LogP) is 5.37. The molecule has 25 heavy (non-hydrogen) atoms. The molecule has 0 fully saturated rings. The molecule has 0 aliphatic carbocycles. The van der Waals surface area contributed by atoms with Crippen molar-refractivity contribution in [3.8, 4) is 0 Å². The molecule has 0 rings (SSSR count). The Morgan fingerprint density at radius 3 is 1.84 bits per heavy atom. The molecule has 0 aliphatic heterocycles. The lowest BCUT2D eigenvalue weighted by Gasteiger charge is -2.14. The Bertz CT molecular complexity index is 423. The van der Waals surface area contributed by atoms with Crippen molar-refractivity contribution in [1.82, 2.24) is 0 Å². The van der Waals surface area contributed by atoms with Crippen LogP contribution >= 0.6 is 0 Å². The minimum atomic E-state index is -0.855. The van der Waals surface area contributed by atoms with Crippen LogP contribution < -0.4 is 0 Å². The zero-order valence-electron chi connectivity index (χ0n) is 16.7. The number of carbonyl (C=O) groups excluding carboxylic acids is 2. The third-order valence-corrected chi connectivity index (χ3v) is 3.85. The number of carbonyl (C=O) groups is 2. The van der Waals surface area contributed by atoms with E-state index in [1.807, 2.05) is 26.8 Å². The van der Waals surface area contributed by atoms with Gasteiger partial charge in [0.25, 0.3) is 0 Å². The molecule has 4 nitrogen and oxygen atoms in total. The van der Waals surface area contributed by atoms with Gasteiger partial charge in [-0.3, -0.25) is 9.59 Å². The highest BCUT2D eigenvalue weighted by Crippen LogP contribution is 2.15. The van der Waals surface area contributed by atoms with Gasteiger partial charge in [-0.15, -0.1) is 0 Å². The molecule has 0 N–H and O–H groups in total. The molecule has 0 atom stereocenters. The third-order valence-electron chi connectivity index (χ3n) is 3.85. The topological polar surface area (TPSA) is 52.6 Å². The lowest BCUT2D eigenvalue weighted by atomic mass is 10.0. The smallest absolute Gasteiger partial charge is 0.320 e. The highest BCUT2D eigenvalue weighted by Gasteiger charge is 2.28. The highest BCUT2D eigenvalue weighted by molar-refractivity contribution is 5.95. The SMILES string of the molecule is CCCCOC(=O)C(C/C=C(\C)CCC=C(C)C)C(=O)OCCCC. The number of allylic oxidation sites excluding steroid dienone is 4. The molecule has 0 aliphatic rings. The van der Waals surface area contributed by atoms with E-state index in [9.17, 15) is 9.59 Å². The summed E-state index contributed by atoms with van der Waals surface area (Å²) < 4.78 is 10.5. The molecule has 0 aromatic rings. The molecule has 0 bridgehead atoms. The second-order valence-electron chi connectivity index (χ2n) is 6.70. The van der Waals surface area contributed by atoms with E-state index in [1.165, 1.54) is 11.1 Å². The van der Waals surface area contributed by atoms with Gasteiger partial charge in [-0.2, -0.15) is 0 Å². The summed E-state index contributed by atoms with van der Waals surface area (Å²) in [6.07, 6.45) is 9.90. The highest BCUT2D eigenvalue weighted by atomic mass is 16.6. The van der Waals surface area contributed by atoms with Gasteiger partial charge in [-0.25, -0.2) is 0 Å². The maximum absolute atomic E-state index is 12.2. The first kappa shape index (κ1) is 23.4. The summed E-state index contributed by atoms with van der Waals surface area (Å²) in [6.45, 7) is 11.0. The fourth-order valence-corrected chi connectivity index (χ4v) is 2.13. The maximum atomic E-state index is 12.2. The van der Waals surface area contributed by atoms with E-state index in [2.05, 4.69) is 19.9 Å². The standard InChI is InChI=1S/C21H36O4/c1-6-8-15-24-20(22)19(21(23)25-16-9-7-2)14-13-18(5)12-10-11-17(3)4/h11,13,19H,6-10,12,14-16H2,1-5H3/b18-13+. The number of ether oxygens (including phenoxy) is 2. The van der Waals surface area contributed by atoms with Crippen molar-refractivity contribution < 1.29 is 19.1 Å². The summed E-state index contributed by atoms with van der Waals surface area (Å²) >= 11 is 0. The molecule has 0 saturated heterocycles. The Morgan fingerprint density at radius 2 is 1.40 bits per heavy atom. The first-order valence-corrected chi connectivity index (χ1v) is 9.54. The van der Waals surface area contributed by atoms with Crippen molar-refractivity contribution in [3.05, 3.63) is 23.3 Å². The summed E-state index contributed by atoms with van der Waals surface area (Å²) in [5.74, 6) is -1.79. The van der Waals surface area contributed by atoms with Crippen LogP contribution in [0.4, 0.5) is 0 Å². The van der Waals surface area contributed by atoms with Crippen molar-refractivity contribution in [2.45, 2.75) is 79.6 Å². The van der Waals surface area contributed by atoms with Gasteiger partial charge in [0.1, 0.15) is 0 Å². The zero-order chi connectivity index (χ0) is 19.1. The van der Waals surface area contributed by atoms with E-state index in [0.29, 0.717) is 19.6 Å². The lowest BCUT2D eigenvalue weighted by Crippen LogP contribution is -2.28. The molecule has 0 heterocycles. The minimum absolute atomic E-state index is 0.344. The van der Waals surface area contributed by atoms with Gasteiger partial charge in [-0.05, 0) is 52.9 Å². The van der Waals surface area contributed by atoms with E-state index in [-0.39, 0.29) is 0 Å². The van der Waals surface area contributed by atoms with Gasteiger partial charge in [-0.1, -0.05) is 50.0 Å². The van der Waals surface area contributed by atoms with Crippen LogP contribution in [0.5, 0.6) is 0 Å². The number of unbranched alkanes of at least 4 members (excludes halogenated alkanes) is 2. The Labute approximate surface area is 153 Å². The van der Waals surface area contributed by atoms with E-state index < -0.39 is 17.9 Å². The lowest BCUT2D eigenvalue weighted by molar-refractivity contribution is -0.162. The Kier molecular flexibility index (Phi) is 13.8. The van der Waals surface area contributed by atoms with Crippen LogP contribution in [0.15, 0.2) is 23.3 Å². The van der Waals surface area contributed by atoms with Crippen LogP contribution in [0.3, 0.4) is 0 Å². The van der Waals surface area contributed by atoms with Crippen LogP contribution in [0.2, 0.25) is 0 Å². The molecule has 0 spiro atoms. The average Bonchev–Trinajstić information content (AvgIpc) is 2.55. The minimum Gasteiger partial charge on any atom is -0.465 e. The fraction of sp³-hybridized carbons (Fsp3) is 0.714. The number of hydrogen-bond donors (Lipinski definition) is 0. The molecule has 0 radical (unpaired) electrons. The first-order valence-electron chi connectivity index (χ1n) is 9.54. The van der Waals surface area contributed by atoms with Gasteiger partial charge in [0.2, 0.25) is 0 Å². The van der Waals surface area contributed by atoms with Gasteiger partial charge < -0.3 is 9.47 Å². The Balaban J connectivity index is 4.72. The van der Waals surface area contributed by atoms with Crippen LogP contribution in [-0.4, -0.2) is 25.2 Å². The molecule has 144 valence electrons. The van der Waals surface area contributed by atoms with Crippen molar-refractivity contribution in [1.29, 1.82) is 0 Å². The molecule has 0 aromatic carbocycles. The average molecular weight is 353 g/mol. The molecule has 0 aromatic heterocycles. The van der Waals surface area contributed by atoms with Gasteiger partial charge >= 0.3 is 11.9 Å². The maximum Gasteiger partial charge on any atom is 0.320 e. The van der Waals surface area contributed by atoms with Gasteiger partial charge in [0.15, 0.2) is 5.92 Å². The van der Waals surface area contributed by atoms with E-state index >= 15 is 0 Å².